The van der Waals surface area contributed by atoms with Crippen LogP contribution in [0.25, 0.3) is 91.9 Å². The van der Waals surface area contributed by atoms with Gasteiger partial charge in [-0.1, -0.05) is 111 Å². The van der Waals surface area contributed by atoms with E-state index in [4.69, 9.17) is 4.42 Å². The molecule has 7 aromatic carbocycles. The van der Waals surface area contributed by atoms with E-state index in [1.165, 1.54) is 69.8 Å². The molecule has 0 saturated heterocycles. The second kappa shape index (κ2) is 9.25. The van der Waals surface area contributed by atoms with Gasteiger partial charge in [-0.2, -0.15) is 0 Å². The third kappa shape index (κ3) is 3.36. The topological polar surface area (TPSA) is 18.1 Å². The molecule has 0 spiro atoms. The van der Waals surface area contributed by atoms with E-state index in [1.54, 1.807) is 0 Å². The van der Waals surface area contributed by atoms with E-state index in [0.717, 1.165) is 33.2 Å². The first kappa shape index (κ1) is 26.4. The van der Waals surface area contributed by atoms with E-state index in [9.17, 15) is 0 Å². The molecule has 0 amide bonds. The molecular weight excluding hydrogens is 603 g/mol. The lowest BCUT2D eigenvalue weighted by molar-refractivity contribution is 0.661. The molecule has 0 fully saturated rings. The smallest absolute Gasteiger partial charge is 0.143 e. The molecule has 0 unspecified atom stereocenters. The molecule has 0 bridgehead atoms. The van der Waals surface area contributed by atoms with Gasteiger partial charge in [0.05, 0.1) is 11.0 Å². The highest BCUT2D eigenvalue weighted by Gasteiger charge is 2.36. The Morgan fingerprint density at radius 1 is 0.500 bits per heavy atom. The van der Waals surface area contributed by atoms with E-state index in [2.05, 4.69) is 158 Å². The van der Waals surface area contributed by atoms with E-state index < -0.39 is 0 Å². The van der Waals surface area contributed by atoms with E-state index >= 15 is 0 Å². The van der Waals surface area contributed by atoms with Crippen LogP contribution in [0.15, 0.2) is 144 Å². The van der Waals surface area contributed by atoms with Gasteiger partial charge in [0, 0.05) is 63.9 Å². The molecule has 226 valence electrons. The fourth-order valence-electron chi connectivity index (χ4n) is 8.54. The van der Waals surface area contributed by atoms with Crippen LogP contribution in [-0.4, -0.2) is 4.57 Å². The van der Waals surface area contributed by atoms with Crippen LogP contribution < -0.4 is 0 Å². The monoisotopic (exact) mass is 631 g/mol. The third-order valence-electron chi connectivity index (χ3n) is 10.8. The summed E-state index contributed by atoms with van der Waals surface area (Å²) in [4.78, 5) is 0. The Bertz CT molecular complexity index is 2990. The SMILES string of the molecule is CC1(C)c2ccccc2-c2cc3c4ccccc4n(-c4ccc5oc6c(-c7cccc8c7sc7ccccc78)cccc6c5c4)c3cc21. The minimum Gasteiger partial charge on any atom is -0.455 e. The third-order valence-corrected chi connectivity index (χ3v) is 12.0. The average Bonchev–Trinajstić information content (AvgIpc) is 3.84. The van der Waals surface area contributed by atoms with Crippen molar-refractivity contribution < 1.29 is 4.42 Å². The van der Waals surface area contributed by atoms with Crippen LogP contribution in [0.2, 0.25) is 0 Å². The number of furan rings is 1. The Balaban J connectivity index is 1.15. The van der Waals surface area contributed by atoms with Crippen molar-refractivity contribution in [3.63, 3.8) is 0 Å². The molecule has 48 heavy (non-hydrogen) atoms. The molecule has 0 N–H and O–H groups in total. The van der Waals surface area contributed by atoms with Gasteiger partial charge in [0.2, 0.25) is 0 Å². The van der Waals surface area contributed by atoms with Gasteiger partial charge in [0.1, 0.15) is 11.2 Å². The number of hydrogen-bond acceptors (Lipinski definition) is 2. The summed E-state index contributed by atoms with van der Waals surface area (Å²) in [6.07, 6.45) is 0. The molecule has 1 aliphatic rings. The molecule has 2 nitrogen and oxygen atoms in total. The fraction of sp³-hybridized carbons (Fsp3) is 0.0667. The molecule has 0 atom stereocenters. The van der Waals surface area contributed by atoms with Crippen LogP contribution in [0.1, 0.15) is 25.0 Å². The fourth-order valence-corrected chi connectivity index (χ4v) is 9.77. The molecule has 11 rings (SSSR count). The van der Waals surface area contributed by atoms with Crippen molar-refractivity contribution in [1.29, 1.82) is 0 Å². The number of rotatable bonds is 2. The number of benzene rings is 7. The van der Waals surface area contributed by atoms with Crippen molar-refractivity contribution in [1.82, 2.24) is 4.57 Å². The number of aromatic nitrogens is 1. The summed E-state index contributed by atoms with van der Waals surface area (Å²) in [5.41, 5.74) is 13.2. The molecule has 3 heterocycles. The second-order valence-corrected chi connectivity index (χ2v) is 14.7. The normalized spacial score (nSPS) is 13.8. The van der Waals surface area contributed by atoms with Crippen molar-refractivity contribution in [2.45, 2.75) is 19.3 Å². The second-order valence-electron chi connectivity index (χ2n) is 13.7. The zero-order valence-electron chi connectivity index (χ0n) is 26.5. The Labute approximate surface area is 281 Å². The Morgan fingerprint density at radius 3 is 2.15 bits per heavy atom. The quantitative estimate of drug-likeness (QED) is 0.186. The van der Waals surface area contributed by atoms with Crippen molar-refractivity contribution in [3.05, 3.63) is 151 Å². The summed E-state index contributed by atoms with van der Waals surface area (Å²) in [6, 6.07) is 51.2. The summed E-state index contributed by atoms with van der Waals surface area (Å²) in [5.74, 6) is 0. The number of nitrogens with zero attached hydrogens (tertiary/aromatic N) is 1. The lowest BCUT2D eigenvalue weighted by atomic mass is 9.82. The molecule has 0 saturated carbocycles. The van der Waals surface area contributed by atoms with E-state index in [0.29, 0.717) is 0 Å². The van der Waals surface area contributed by atoms with Crippen LogP contribution in [-0.2, 0) is 5.41 Å². The zero-order valence-corrected chi connectivity index (χ0v) is 27.4. The maximum absolute atomic E-state index is 6.73. The van der Waals surface area contributed by atoms with Crippen LogP contribution in [0.5, 0.6) is 0 Å². The average molecular weight is 632 g/mol. The van der Waals surface area contributed by atoms with Gasteiger partial charge < -0.3 is 8.98 Å². The van der Waals surface area contributed by atoms with Crippen molar-refractivity contribution >= 4 is 75.3 Å². The minimum atomic E-state index is -0.0697. The van der Waals surface area contributed by atoms with Crippen molar-refractivity contribution in [3.8, 4) is 27.9 Å². The van der Waals surface area contributed by atoms with E-state index in [-0.39, 0.29) is 5.41 Å². The van der Waals surface area contributed by atoms with Gasteiger partial charge in [-0.15, -0.1) is 11.3 Å². The highest BCUT2D eigenvalue weighted by Crippen LogP contribution is 2.51. The van der Waals surface area contributed by atoms with Crippen LogP contribution in [0.3, 0.4) is 0 Å². The van der Waals surface area contributed by atoms with Gasteiger partial charge in [0.25, 0.3) is 0 Å². The predicted octanol–water partition coefficient (Wildman–Crippen LogP) is 13.0. The van der Waals surface area contributed by atoms with Crippen LogP contribution >= 0.6 is 11.3 Å². The van der Waals surface area contributed by atoms with Gasteiger partial charge in [-0.3, -0.25) is 0 Å². The summed E-state index contributed by atoms with van der Waals surface area (Å²) >= 11 is 1.86. The highest BCUT2D eigenvalue weighted by atomic mass is 32.1. The number of thiophene rings is 1. The first-order valence-electron chi connectivity index (χ1n) is 16.6. The zero-order chi connectivity index (χ0) is 31.7. The number of hydrogen-bond donors (Lipinski definition) is 0. The van der Waals surface area contributed by atoms with Crippen LogP contribution in [0.4, 0.5) is 0 Å². The molecule has 0 aliphatic heterocycles. The Hall–Kier alpha value is -5.64. The van der Waals surface area contributed by atoms with E-state index in [1.807, 2.05) is 11.3 Å². The molecular formula is C45H29NOS. The number of para-hydroxylation sites is 2. The Morgan fingerprint density at radius 2 is 1.23 bits per heavy atom. The van der Waals surface area contributed by atoms with Gasteiger partial charge in [-0.25, -0.2) is 0 Å². The van der Waals surface area contributed by atoms with Gasteiger partial charge in [-0.05, 0) is 64.7 Å². The maximum Gasteiger partial charge on any atom is 0.143 e. The lowest BCUT2D eigenvalue weighted by Gasteiger charge is -2.21. The largest absolute Gasteiger partial charge is 0.455 e. The van der Waals surface area contributed by atoms with Gasteiger partial charge in [0.15, 0.2) is 0 Å². The van der Waals surface area contributed by atoms with Crippen molar-refractivity contribution in [2.75, 3.05) is 0 Å². The summed E-state index contributed by atoms with van der Waals surface area (Å²) in [5, 5.41) is 7.44. The highest BCUT2D eigenvalue weighted by molar-refractivity contribution is 7.26. The molecule has 0 radical (unpaired) electrons. The predicted molar refractivity (Wildman–Crippen MR) is 204 cm³/mol. The van der Waals surface area contributed by atoms with Gasteiger partial charge >= 0.3 is 0 Å². The molecule has 3 heteroatoms. The maximum atomic E-state index is 6.73. The first-order valence-corrected chi connectivity index (χ1v) is 17.4. The number of fused-ring (bicyclic) bond motifs is 12. The summed E-state index contributed by atoms with van der Waals surface area (Å²) in [7, 11) is 0. The molecule has 1 aliphatic carbocycles. The lowest BCUT2D eigenvalue weighted by Crippen LogP contribution is -2.14. The summed E-state index contributed by atoms with van der Waals surface area (Å²) < 4.78 is 11.8. The summed E-state index contributed by atoms with van der Waals surface area (Å²) in [6.45, 7) is 4.72. The van der Waals surface area contributed by atoms with Crippen LogP contribution in [0, 0.1) is 0 Å². The minimum absolute atomic E-state index is 0.0697. The van der Waals surface area contributed by atoms with Crippen molar-refractivity contribution in [2.24, 2.45) is 0 Å². The molecule has 10 aromatic rings. The first-order chi connectivity index (χ1) is 23.6. The Kier molecular flexibility index (Phi) is 5.09. The molecule has 3 aromatic heterocycles. The standard InChI is InChI=1S/C45H29NOS/c1-45(2)37-18-6-3-11-27(37)34-24-35-28-12-4-7-19-39(28)46(40(35)25-38(34)45)26-21-22-41-36(23-26)31-15-9-14-30(43(31)47-41)33-17-10-16-32-29-13-5-8-20-42(29)48-44(32)33/h3-25H,1-2H3.